The Morgan fingerprint density at radius 1 is 1.06 bits per heavy atom. The Bertz CT molecular complexity index is 1120. The van der Waals surface area contributed by atoms with E-state index in [1.165, 1.54) is 0 Å². The molecule has 8 nitrogen and oxygen atoms in total. The number of carbonyl (C=O) groups is 4. The molecule has 2 saturated heterocycles. The van der Waals surface area contributed by atoms with Gasteiger partial charge in [0.05, 0.1) is 12.2 Å². The molecule has 2 aromatic carbocycles. The molecule has 0 aromatic heterocycles. The molecule has 3 aliphatic rings. The number of benzene rings is 2. The molecule has 8 heteroatoms. The number of carbonyl (C=O) groups excluding carboxylic acids is 3. The van der Waals surface area contributed by atoms with E-state index in [1.807, 2.05) is 29.2 Å². The molecule has 31 heavy (non-hydrogen) atoms. The molecule has 5 rings (SSSR count). The summed E-state index contributed by atoms with van der Waals surface area (Å²) in [5, 5.41) is 13.2. The maximum Gasteiger partial charge on any atom is 0.317 e. The highest BCUT2D eigenvalue weighted by molar-refractivity contribution is 6.27. The molecule has 1 unspecified atom stereocenters. The van der Waals surface area contributed by atoms with Crippen LogP contribution in [0, 0.1) is 0 Å². The molecule has 2 N–H and O–H groups in total. The van der Waals surface area contributed by atoms with Gasteiger partial charge in [-0.05, 0) is 61.4 Å². The third-order valence-corrected chi connectivity index (χ3v) is 6.67. The van der Waals surface area contributed by atoms with Crippen molar-refractivity contribution in [3.63, 3.8) is 0 Å². The molecular weight excluding hydrogens is 398 g/mol. The summed E-state index contributed by atoms with van der Waals surface area (Å²) in [7, 11) is 0. The van der Waals surface area contributed by atoms with Crippen molar-refractivity contribution < 1.29 is 24.3 Å². The van der Waals surface area contributed by atoms with Gasteiger partial charge in [-0.1, -0.05) is 18.2 Å². The first kappa shape index (κ1) is 19.7. The second kappa shape index (κ2) is 7.46. The number of anilines is 1. The monoisotopic (exact) mass is 421 g/mol. The highest BCUT2D eigenvalue weighted by atomic mass is 16.4. The van der Waals surface area contributed by atoms with E-state index in [0.717, 1.165) is 48.0 Å². The van der Waals surface area contributed by atoms with Gasteiger partial charge in [0.2, 0.25) is 11.8 Å². The Morgan fingerprint density at radius 2 is 1.84 bits per heavy atom. The van der Waals surface area contributed by atoms with Crippen molar-refractivity contribution in [2.45, 2.75) is 37.6 Å². The molecule has 0 radical (unpaired) electrons. The normalized spacial score (nSPS) is 22.3. The first-order chi connectivity index (χ1) is 14.9. The van der Waals surface area contributed by atoms with Crippen molar-refractivity contribution in [3.05, 3.63) is 41.5 Å². The number of rotatable bonds is 4. The fourth-order valence-corrected chi connectivity index (χ4v) is 5.22. The number of amides is 3. The molecule has 2 fully saturated rings. The van der Waals surface area contributed by atoms with Crippen molar-refractivity contribution in [2.24, 2.45) is 0 Å². The van der Waals surface area contributed by atoms with E-state index in [1.54, 1.807) is 11.0 Å². The van der Waals surface area contributed by atoms with Gasteiger partial charge < -0.3 is 5.11 Å². The second-order valence-electron chi connectivity index (χ2n) is 8.49. The van der Waals surface area contributed by atoms with E-state index in [2.05, 4.69) is 5.32 Å². The fourth-order valence-electron chi connectivity index (χ4n) is 5.22. The number of hydrogen-bond donors (Lipinski definition) is 2. The standard InChI is InChI=1S/C23H23N3O5/c27-19-7-6-18(22(30)24-19)26-17-5-4-14(13-8-10-25(11-9-13)12-20(28)29)15-2-1-3-16(21(15)17)23(26)31/h1-5,13,18H,6-12H2,(H,28,29)(H,24,27,30). The van der Waals surface area contributed by atoms with Crippen LogP contribution < -0.4 is 10.2 Å². The Morgan fingerprint density at radius 3 is 2.55 bits per heavy atom. The predicted molar refractivity (Wildman–Crippen MR) is 113 cm³/mol. The van der Waals surface area contributed by atoms with Crippen LogP contribution in [0.3, 0.4) is 0 Å². The summed E-state index contributed by atoms with van der Waals surface area (Å²) in [5.41, 5.74) is 2.47. The van der Waals surface area contributed by atoms with Crippen LogP contribution in [-0.2, 0) is 14.4 Å². The van der Waals surface area contributed by atoms with Crippen LogP contribution in [0.15, 0.2) is 30.3 Å². The minimum absolute atomic E-state index is 0.0615. The molecular formula is C23H23N3O5. The van der Waals surface area contributed by atoms with Crippen LogP contribution in [0.4, 0.5) is 5.69 Å². The zero-order valence-electron chi connectivity index (χ0n) is 17.0. The Labute approximate surface area is 178 Å². The van der Waals surface area contributed by atoms with Gasteiger partial charge in [-0.15, -0.1) is 0 Å². The summed E-state index contributed by atoms with van der Waals surface area (Å²) in [6.45, 7) is 1.51. The summed E-state index contributed by atoms with van der Waals surface area (Å²) in [4.78, 5) is 51.7. The number of imide groups is 1. The zero-order chi connectivity index (χ0) is 21.7. The van der Waals surface area contributed by atoms with Crippen LogP contribution in [0.2, 0.25) is 0 Å². The fraction of sp³-hybridized carbons (Fsp3) is 0.391. The average molecular weight is 421 g/mol. The molecule has 160 valence electrons. The molecule has 3 aliphatic heterocycles. The first-order valence-electron chi connectivity index (χ1n) is 10.6. The van der Waals surface area contributed by atoms with E-state index < -0.39 is 17.9 Å². The zero-order valence-corrected chi connectivity index (χ0v) is 17.0. The molecule has 0 aliphatic carbocycles. The van der Waals surface area contributed by atoms with E-state index in [4.69, 9.17) is 5.11 Å². The van der Waals surface area contributed by atoms with E-state index in [-0.39, 0.29) is 30.7 Å². The van der Waals surface area contributed by atoms with Crippen LogP contribution in [-0.4, -0.2) is 59.4 Å². The summed E-state index contributed by atoms with van der Waals surface area (Å²) < 4.78 is 0. The van der Waals surface area contributed by atoms with Crippen molar-refractivity contribution in [1.29, 1.82) is 0 Å². The molecule has 3 amide bonds. The maximum atomic E-state index is 13.2. The van der Waals surface area contributed by atoms with Crippen molar-refractivity contribution in [2.75, 3.05) is 24.5 Å². The minimum Gasteiger partial charge on any atom is -0.480 e. The Balaban J connectivity index is 1.49. The predicted octanol–water partition coefficient (Wildman–Crippen LogP) is 1.87. The molecule has 2 aromatic rings. The largest absolute Gasteiger partial charge is 0.480 e. The highest BCUT2D eigenvalue weighted by Gasteiger charge is 2.41. The number of likely N-dealkylation sites (tertiary alicyclic amines) is 1. The molecule has 3 heterocycles. The number of nitrogens with one attached hydrogen (secondary N) is 1. The van der Waals surface area contributed by atoms with Gasteiger partial charge in [0.25, 0.3) is 5.91 Å². The maximum absolute atomic E-state index is 13.2. The summed E-state index contributed by atoms with van der Waals surface area (Å²) >= 11 is 0. The lowest BCUT2D eigenvalue weighted by atomic mass is 9.85. The third-order valence-electron chi connectivity index (χ3n) is 6.67. The number of carboxylic acid groups (broad SMARTS) is 1. The van der Waals surface area contributed by atoms with Crippen molar-refractivity contribution >= 4 is 40.2 Å². The Hall–Kier alpha value is -3.26. The van der Waals surface area contributed by atoms with Crippen molar-refractivity contribution in [3.8, 4) is 0 Å². The van der Waals surface area contributed by atoms with E-state index >= 15 is 0 Å². The molecule has 0 bridgehead atoms. The quantitative estimate of drug-likeness (QED) is 0.730. The van der Waals surface area contributed by atoms with Gasteiger partial charge in [-0.2, -0.15) is 0 Å². The minimum atomic E-state index is -0.809. The summed E-state index contributed by atoms with van der Waals surface area (Å²) in [6, 6.07) is 8.94. The van der Waals surface area contributed by atoms with Crippen LogP contribution in [0.5, 0.6) is 0 Å². The lowest BCUT2D eigenvalue weighted by Gasteiger charge is -2.32. The van der Waals surface area contributed by atoms with Gasteiger partial charge in [0, 0.05) is 17.4 Å². The second-order valence-corrected chi connectivity index (χ2v) is 8.49. The van der Waals surface area contributed by atoms with Gasteiger partial charge in [-0.3, -0.25) is 34.3 Å². The Kier molecular flexibility index (Phi) is 4.74. The lowest BCUT2D eigenvalue weighted by Crippen LogP contribution is -2.53. The van der Waals surface area contributed by atoms with E-state index in [0.29, 0.717) is 12.0 Å². The van der Waals surface area contributed by atoms with E-state index in [9.17, 15) is 19.2 Å². The highest BCUT2D eigenvalue weighted by Crippen LogP contribution is 2.43. The number of piperidine rings is 2. The number of aliphatic carboxylic acids is 1. The van der Waals surface area contributed by atoms with Crippen LogP contribution in [0.25, 0.3) is 10.8 Å². The average Bonchev–Trinajstić information content (AvgIpc) is 3.02. The van der Waals surface area contributed by atoms with Gasteiger partial charge >= 0.3 is 5.97 Å². The lowest BCUT2D eigenvalue weighted by molar-refractivity contribution is -0.138. The first-order valence-corrected chi connectivity index (χ1v) is 10.6. The molecule has 0 saturated carbocycles. The number of carboxylic acids is 1. The summed E-state index contributed by atoms with van der Waals surface area (Å²) in [6.07, 6.45) is 2.25. The van der Waals surface area contributed by atoms with Gasteiger partial charge in [0.15, 0.2) is 0 Å². The van der Waals surface area contributed by atoms with Gasteiger partial charge in [-0.25, -0.2) is 0 Å². The number of nitrogens with zero attached hydrogens (tertiary/aromatic N) is 2. The molecule has 1 atom stereocenters. The number of hydrogen-bond acceptors (Lipinski definition) is 5. The van der Waals surface area contributed by atoms with Crippen LogP contribution in [0.1, 0.15) is 47.5 Å². The smallest absolute Gasteiger partial charge is 0.317 e. The third kappa shape index (κ3) is 3.27. The summed E-state index contributed by atoms with van der Waals surface area (Å²) in [5.74, 6) is -1.46. The van der Waals surface area contributed by atoms with Crippen LogP contribution >= 0.6 is 0 Å². The molecule has 0 spiro atoms. The topological polar surface area (TPSA) is 107 Å². The van der Waals surface area contributed by atoms with Crippen molar-refractivity contribution in [1.82, 2.24) is 10.2 Å². The SMILES string of the molecule is O=C(O)CN1CCC(c2ccc3c4c(cccc24)C(=O)N3C2CCC(=O)NC2=O)CC1. The van der Waals surface area contributed by atoms with Gasteiger partial charge in [0.1, 0.15) is 6.04 Å².